The Morgan fingerprint density at radius 3 is 2.88 bits per heavy atom. The molecule has 1 aliphatic rings. The monoisotopic (exact) mass is 355 g/mol. The molecule has 7 heteroatoms. The molecule has 4 rings (SSSR count). The Morgan fingerprint density at radius 2 is 2.12 bits per heavy atom. The van der Waals surface area contributed by atoms with Crippen LogP contribution in [0.5, 0.6) is 5.88 Å². The highest BCUT2D eigenvalue weighted by molar-refractivity contribution is 7.18. The zero-order valence-corrected chi connectivity index (χ0v) is 14.6. The molecule has 0 fully saturated rings. The van der Waals surface area contributed by atoms with E-state index in [-0.39, 0.29) is 5.69 Å². The molecule has 0 unspecified atom stereocenters. The molecular formula is C18H17N3O3S. The summed E-state index contributed by atoms with van der Waals surface area (Å²) in [7, 11) is 0. The van der Waals surface area contributed by atoms with Crippen molar-refractivity contribution in [1.29, 1.82) is 0 Å². The lowest BCUT2D eigenvalue weighted by molar-refractivity contribution is -0.384. The van der Waals surface area contributed by atoms with Crippen LogP contribution in [0.1, 0.15) is 29.3 Å². The zero-order chi connectivity index (χ0) is 17.4. The standard InChI is InChI=1S/C18H17N3O3S/c1-11-2-7-14-15(8-11)25-18-16(14)17(19-10-20-18)24-9-12-3-5-13(6-4-12)21(22)23/h3-6,10-11H,2,7-9H2,1H3/t11-/m0/s1. The lowest BCUT2D eigenvalue weighted by Gasteiger charge is -2.18. The van der Waals surface area contributed by atoms with Crippen molar-refractivity contribution >= 4 is 27.2 Å². The van der Waals surface area contributed by atoms with E-state index in [9.17, 15) is 10.1 Å². The normalized spacial score (nSPS) is 16.6. The fourth-order valence-corrected chi connectivity index (χ4v) is 4.56. The molecule has 128 valence electrons. The van der Waals surface area contributed by atoms with E-state index in [2.05, 4.69) is 16.9 Å². The van der Waals surface area contributed by atoms with Gasteiger partial charge in [-0.3, -0.25) is 10.1 Å². The predicted molar refractivity (Wildman–Crippen MR) is 96.0 cm³/mol. The smallest absolute Gasteiger partial charge is 0.269 e. The van der Waals surface area contributed by atoms with Gasteiger partial charge in [-0.2, -0.15) is 0 Å². The largest absolute Gasteiger partial charge is 0.472 e. The van der Waals surface area contributed by atoms with Gasteiger partial charge in [-0.1, -0.05) is 6.92 Å². The van der Waals surface area contributed by atoms with Crippen LogP contribution in [-0.2, 0) is 19.4 Å². The van der Waals surface area contributed by atoms with Crippen molar-refractivity contribution < 1.29 is 9.66 Å². The van der Waals surface area contributed by atoms with Gasteiger partial charge in [-0.15, -0.1) is 11.3 Å². The molecule has 6 nitrogen and oxygen atoms in total. The van der Waals surface area contributed by atoms with E-state index in [1.165, 1.54) is 29.0 Å². The van der Waals surface area contributed by atoms with E-state index < -0.39 is 4.92 Å². The molecule has 25 heavy (non-hydrogen) atoms. The van der Waals surface area contributed by atoms with Crippen molar-refractivity contribution in [3.8, 4) is 5.88 Å². The third kappa shape index (κ3) is 3.07. The molecule has 0 bridgehead atoms. The third-order valence-electron chi connectivity index (χ3n) is 4.58. The minimum atomic E-state index is -0.406. The Morgan fingerprint density at radius 1 is 1.32 bits per heavy atom. The molecule has 0 radical (unpaired) electrons. The van der Waals surface area contributed by atoms with Crippen LogP contribution in [0.15, 0.2) is 30.6 Å². The van der Waals surface area contributed by atoms with Crippen molar-refractivity contribution in [2.45, 2.75) is 32.8 Å². The SMILES string of the molecule is C[C@H]1CCc2c(sc3ncnc(OCc4ccc([N+](=O)[O-])cc4)c23)C1. The Balaban J connectivity index is 1.60. The summed E-state index contributed by atoms with van der Waals surface area (Å²) in [6.07, 6.45) is 4.85. The number of hydrogen-bond donors (Lipinski definition) is 0. The van der Waals surface area contributed by atoms with Gasteiger partial charge in [0.1, 0.15) is 17.8 Å². The van der Waals surface area contributed by atoms with Gasteiger partial charge in [-0.05, 0) is 48.4 Å². The van der Waals surface area contributed by atoms with Gasteiger partial charge in [0, 0.05) is 17.0 Å². The zero-order valence-electron chi connectivity index (χ0n) is 13.8. The second-order valence-corrected chi connectivity index (χ2v) is 7.51. The number of aromatic nitrogens is 2. The molecule has 0 N–H and O–H groups in total. The van der Waals surface area contributed by atoms with Gasteiger partial charge in [0.05, 0.1) is 10.3 Å². The molecule has 0 amide bonds. The van der Waals surface area contributed by atoms with Gasteiger partial charge in [0.2, 0.25) is 5.88 Å². The second kappa shape index (κ2) is 6.40. The molecule has 1 aliphatic carbocycles. The summed E-state index contributed by atoms with van der Waals surface area (Å²) in [5, 5.41) is 11.8. The van der Waals surface area contributed by atoms with E-state index in [0.29, 0.717) is 18.4 Å². The summed E-state index contributed by atoms with van der Waals surface area (Å²) >= 11 is 1.74. The highest BCUT2D eigenvalue weighted by atomic mass is 32.1. The lowest BCUT2D eigenvalue weighted by atomic mass is 9.89. The number of benzene rings is 1. The number of hydrogen-bond acceptors (Lipinski definition) is 6. The summed E-state index contributed by atoms with van der Waals surface area (Å²) < 4.78 is 5.94. The topological polar surface area (TPSA) is 78.2 Å². The number of rotatable bonds is 4. The molecule has 2 heterocycles. The number of nitrogens with zero attached hydrogens (tertiary/aromatic N) is 3. The van der Waals surface area contributed by atoms with E-state index >= 15 is 0 Å². The van der Waals surface area contributed by atoms with E-state index in [1.54, 1.807) is 29.8 Å². The summed E-state index contributed by atoms with van der Waals surface area (Å²) in [4.78, 5) is 21.4. The molecule has 0 saturated heterocycles. The highest BCUT2D eigenvalue weighted by Crippen LogP contribution is 2.40. The predicted octanol–water partition coefficient (Wildman–Crippen LogP) is 4.30. The third-order valence-corrected chi connectivity index (χ3v) is 5.74. The Kier molecular flexibility index (Phi) is 4.09. The number of nitro benzene ring substituents is 1. The minimum absolute atomic E-state index is 0.0780. The van der Waals surface area contributed by atoms with Crippen LogP contribution >= 0.6 is 11.3 Å². The first-order chi connectivity index (χ1) is 12.1. The molecule has 1 atom stereocenters. The van der Waals surface area contributed by atoms with Crippen LogP contribution in [0.4, 0.5) is 5.69 Å². The maximum atomic E-state index is 10.7. The first-order valence-electron chi connectivity index (χ1n) is 8.23. The molecule has 0 saturated carbocycles. The van der Waals surface area contributed by atoms with Gasteiger partial charge >= 0.3 is 0 Å². The van der Waals surface area contributed by atoms with Crippen LogP contribution in [0.2, 0.25) is 0 Å². The molecule has 2 aromatic heterocycles. The number of thiophene rings is 1. The summed E-state index contributed by atoms with van der Waals surface area (Å²) in [6.45, 7) is 2.61. The molecule has 3 aromatic rings. The van der Waals surface area contributed by atoms with Crippen LogP contribution < -0.4 is 4.74 Å². The quantitative estimate of drug-likeness (QED) is 0.515. The first kappa shape index (κ1) is 16.0. The summed E-state index contributed by atoms with van der Waals surface area (Å²) in [6, 6.07) is 6.40. The number of non-ortho nitro benzene ring substituents is 1. The van der Waals surface area contributed by atoms with Crippen molar-refractivity contribution in [3.05, 3.63) is 56.7 Å². The number of aryl methyl sites for hydroxylation is 1. The first-order valence-corrected chi connectivity index (χ1v) is 9.05. The Labute approximate surface area is 148 Å². The van der Waals surface area contributed by atoms with Gasteiger partial charge in [-0.25, -0.2) is 9.97 Å². The Bertz CT molecular complexity index is 937. The number of ether oxygens (including phenoxy) is 1. The molecule has 0 spiro atoms. The number of fused-ring (bicyclic) bond motifs is 3. The highest BCUT2D eigenvalue weighted by Gasteiger charge is 2.23. The van der Waals surface area contributed by atoms with Crippen LogP contribution in [0.3, 0.4) is 0 Å². The molecule has 1 aromatic carbocycles. The lowest BCUT2D eigenvalue weighted by Crippen LogP contribution is -2.09. The number of nitro groups is 1. The van der Waals surface area contributed by atoms with Crippen molar-refractivity contribution in [2.75, 3.05) is 0 Å². The average molecular weight is 355 g/mol. The minimum Gasteiger partial charge on any atom is -0.472 e. The second-order valence-electron chi connectivity index (χ2n) is 6.42. The van der Waals surface area contributed by atoms with Crippen molar-refractivity contribution in [1.82, 2.24) is 9.97 Å². The fourth-order valence-electron chi connectivity index (χ4n) is 3.22. The van der Waals surface area contributed by atoms with Gasteiger partial charge < -0.3 is 4.74 Å². The summed E-state index contributed by atoms with van der Waals surface area (Å²) in [5.74, 6) is 1.31. The van der Waals surface area contributed by atoms with E-state index in [4.69, 9.17) is 4.74 Å². The van der Waals surface area contributed by atoms with E-state index in [0.717, 1.165) is 28.6 Å². The van der Waals surface area contributed by atoms with E-state index in [1.807, 2.05) is 0 Å². The fraction of sp³-hybridized carbons (Fsp3) is 0.333. The maximum absolute atomic E-state index is 10.7. The van der Waals surface area contributed by atoms with Crippen LogP contribution in [0.25, 0.3) is 10.2 Å². The molecular weight excluding hydrogens is 338 g/mol. The maximum Gasteiger partial charge on any atom is 0.269 e. The Hall–Kier alpha value is -2.54. The average Bonchev–Trinajstić information content (AvgIpc) is 2.98. The van der Waals surface area contributed by atoms with Gasteiger partial charge in [0.25, 0.3) is 5.69 Å². The molecule has 0 aliphatic heterocycles. The van der Waals surface area contributed by atoms with Crippen molar-refractivity contribution in [3.63, 3.8) is 0 Å². The van der Waals surface area contributed by atoms with Crippen LogP contribution in [-0.4, -0.2) is 14.9 Å². The van der Waals surface area contributed by atoms with Gasteiger partial charge in [0.15, 0.2) is 0 Å². The van der Waals surface area contributed by atoms with Crippen LogP contribution in [0, 0.1) is 16.0 Å². The van der Waals surface area contributed by atoms with Crippen molar-refractivity contribution in [2.24, 2.45) is 5.92 Å². The summed E-state index contributed by atoms with van der Waals surface area (Å²) in [5.41, 5.74) is 2.28.